The molecule has 0 aromatic carbocycles. The molecule has 4 N–H and O–H groups in total. The first kappa shape index (κ1) is 11.4. The van der Waals surface area contributed by atoms with Crippen molar-refractivity contribution < 1.29 is 9.90 Å². The van der Waals surface area contributed by atoms with Crippen LogP contribution in [-0.2, 0) is 4.79 Å². The number of hydrogen-bond donors (Lipinski definition) is 3. The molecule has 0 aromatic rings. The fourth-order valence-electron chi connectivity index (χ4n) is 0.922. The Bertz CT molecular complexity index is 155. The van der Waals surface area contributed by atoms with Gasteiger partial charge in [-0.3, -0.25) is 4.79 Å². The zero-order chi connectivity index (χ0) is 9.78. The maximum absolute atomic E-state index is 10.6. The van der Waals surface area contributed by atoms with Crippen molar-refractivity contribution in [2.45, 2.75) is 38.8 Å². The standard InChI is InChI=1S/C8H18N2O2/c1-6(11)5-10-8(2,3)4-7(9)12/h6,10-11H,4-5H2,1-3H3,(H2,9,12). The highest BCUT2D eigenvalue weighted by Crippen LogP contribution is 2.06. The molecule has 1 atom stereocenters. The van der Waals surface area contributed by atoms with Crippen LogP contribution < -0.4 is 11.1 Å². The van der Waals surface area contributed by atoms with Crippen LogP contribution >= 0.6 is 0 Å². The van der Waals surface area contributed by atoms with Crippen LogP contribution in [-0.4, -0.2) is 29.2 Å². The quantitative estimate of drug-likeness (QED) is 0.531. The number of primary amides is 1. The Kier molecular flexibility index (Phi) is 4.20. The number of nitrogens with one attached hydrogen (secondary N) is 1. The van der Waals surface area contributed by atoms with E-state index in [1.54, 1.807) is 6.92 Å². The predicted molar refractivity (Wildman–Crippen MR) is 47.6 cm³/mol. The molecule has 72 valence electrons. The van der Waals surface area contributed by atoms with Gasteiger partial charge in [0.05, 0.1) is 6.10 Å². The third-order valence-electron chi connectivity index (χ3n) is 1.49. The summed E-state index contributed by atoms with van der Waals surface area (Å²) in [5, 5.41) is 12.0. The number of nitrogens with two attached hydrogens (primary N) is 1. The lowest BCUT2D eigenvalue weighted by Crippen LogP contribution is -2.45. The number of aliphatic hydroxyl groups is 1. The van der Waals surface area contributed by atoms with Gasteiger partial charge >= 0.3 is 0 Å². The molecule has 1 amide bonds. The zero-order valence-corrected chi connectivity index (χ0v) is 7.92. The number of aliphatic hydroxyl groups excluding tert-OH is 1. The molecule has 0 fully saturated rings. The van der Waals surface area contributed by atoms with E-state index in [1.165, 1.54) is 0 Å². The number of rotatable bonds is 5. The Hall–Kier alpha value is -0.610. The molecule has 0 aromatic heterocycles. The van der Waals surface area contributed by atoms with Gasteiger partial charge in [0.1, 0.15) is 0 Å². The number of hydrogen-bond acceptors (Lipinski definition) is 3. The Morgan fingerprint density at radius 3 is 2.50 bits per heavy atom. The van der Waals surface area contributed by atoms with Crippen LogP contribution in [0.15, 0.2) is 0 Å². The van der Waals surface area contributed by atoms with Crippen LogP contribution in [0.2, 0.25) is 0 Å². The summed E-state index contributed by atoms with van der Waals surface area (Å²) in [6, 6.07) is 0. The van der Waals surface area contributed by atoms with Gasteiger partial charge in [0.25, 0.3) is 0 Å². The van der Waals surface area contributed by atoms with E-state index in [-0.39, 0.29) is 17.9 Å². The van der Waals surface area contributed by atoms with Crippen molar-refractivity contribution in [2.24, 2.45) is 5.73 Å². The van der Waals surface area contributed by atoms with Gasteiger partial charge in [-0.05, 0) is 20.8 Å². The first-order valence-electron chi connectivity index (χ1n) is 4.05. The van der Waals surface area contributed by atoms with E-state index in [2.05, 4.69) is 5.32 Å². The third-order valence-corrected chi connectivity index (χ3v) is 1.49. The minimum Gasteiger partial charge on any atom is -0.392 e. The minimum absolute atomic E-state index is 0.277. The van der Waals surface area contributed by atoms with E-state index in [1.807, 2.05) is 13.8 Å². The highest BCUT2D eigenvalue weighted by molar-refractivity contribution is 5.74. The molecule has 4 nitrogen and oxygen atoms in total. The Morgan fingerprint density at radius 1 is 1.67 bits per heavy atom. The molecular formula is C8H18N2O2. The van der Waals surface area contributed by atoms with Crippen LogP contribution in [0.3, 0.4) is 0 Å². The van der Waals surface area contributed by atoms with Crippen molar-refractivity contribution in [3.63, 3.8) is 0 Å². The molecule has 0 aliphatic rings. The molecule has 0 spiro atoms. The molecule has 1 unspecified atom stereocenters. The van der Waals surface area contributed by atoms with E-state index < -0.39 is 6.10 Å². The van der Waals surface area contributed by atoms with Crippen LogP contribution in [0.5, 0.6) is 0 Å². The lowest BCUT2D eigenvalue weighted by Gasteiger charge is -2.25. The normalized spacial score (nSPS) is 14.3. The van der Waals surface area contributed by atoms with Crippen molar-refractivity contribution >= 4 is 5.91 Å². The zero-order valence-electron chi connectivity index (χ0n) is 7.92. The second-order valence-corrected chi connectivity index (χ2v) is 3.76. The smallest absolute Gasteiger partial charge is 0.219 e. The molecule has 4 heteroatoms. The lowest BCUT2D eigenvalue weighted by molar-refractivity contribution is -0.119. The molecule has 0 bridgehead atoms. The number of amides is 1. The maximum atomic E-state index is 10.6. The fraction of sp³-hybridized carbons (Fsp3) is 0.875. The Labute approximate surface area is 73.1 Å². The number of β-amino-alcohol motifs (C(OH)–C–C–N with tert-alkyl or cyclic N) is 1. The van der Waals surface area contributed by atoms with Crippen LogP contribution in [0.4, 0.5) is 0 Å². The summed E-state index contributed by atoms with van der Waals surface area (Å²) in [5.74, 6) is -0.335. The van der Waals surface area contributed by atoms with Gasteiger partial charge in [0.2, 0.25) is 5.91 Å². The average Bonchev–Trinajstić information content (AvgIpc) is 1.81. The number of carbonyl (C=O) groups excluding carboxylic acids is 1. The van der Waals surface area contributed by atoms with Gasteiger partial charge in [0.15, 0.2) is 0 Å². The van der Waals surface area contributed by atoms with Crippen LogP contribution in [0.25, 0.3) is 0 Å². The van der Waals surface area contributed by atoms with Gasteiger partial charge in [-0.25, -0.2) is 0 Å². The average molecular weight is 174 g/mol. The second-order valence-electron chi connectivity index (χ2n) is 3.76. The fourth-order valence-corrected chi connectivity index (χ4v) is 0.922. The molecule has 0 heterocycles. The summed E-state index contributed by atoms with van der Waals surface area (Å²) in [6.07, 6.45) is -0.128. The Morgan fingerprint density at radius 2 is 2.17 bits per heavy atom. The summed E-state index contributed by atoms with van der Waals surface area (Å²) in [6.45, 7) is 5.91. The number of carbonyl (C=O) groups is 1. The highest BCUT2D eigenvalue weighted by Gasteiger charge is 2.19. The van der Waals surface area contributed by atoms with E-state index in [9.17, 15) is 4.79 Å². The molecule has 0 saturated heterocycles. The molecule has 0 rings (SSSR count). The first-order valence-corrected chi connectivity index (χ1v) is 4.05. The van der Waals surface area contributed by atoms with Crippen molar-refractivity contribution in [1.29, 1.82) is 0 Å². The molecule has 12 heavy (non-hydrogen) atoms. The van der Waals surface area contributed by atoms with E-state index in [0.717, 1.165) is 0 Å². The van der Waals surface area contributed by atoms with Gasteiger partial charge in [-0.1, -0.05) is 0 Å². The SMILES string of the molecule is CC(O)CNC(C)(C)CC(N)=O. The van der Waals surface area contributed by atoms with E-state index in [0.29, 0.717) is 6.54 Å². The first-order chi connectivity index (χ1) is 5.33. The van der Waals surface area contributed by atoms with Gasteiger partial charge in [0, 0.05) is 18.5 Å². The van der Waals surface area contributed by atoms with Crippen LogP contribution in [0.1, 0.15) is 27.2 Å². The molecule has 0 aliphatic heterocycles. The van der Waals surface area contributed by atoms with Crippen molar-refractivity contribution in [2.75, 3.05) is 6.54 Å². The molecule has 0 aliphatic carbocycles. The highest BCUT2D eigenvalue weighted by atomic mass is 16.3. The van der Waals surface area contributed by atoms with Gasteiger partial charge in [-0.2, -0.15) is 0 Å². The Balaban J connectivity index is 3.78. The third kappa shape index (κ3) is 6.12. The lowest BCUT2D eigenvalue weighted by atomic mass is 10.0. The molecule has 0 saturated carbocycles. The predicted octanol–water partition coefficient (Wildman–Crippen LogP) is -0.389. The van der Waals surface area contributed by atoms with Crippen molar-refractivity contribution in [3.05, 3.63) is 0 Å². The minimum atomic E-state index is -0.405. The molecular weight excluding hydrogens is 156 g/mol. The van der Waals surface area contributed by atoms with Crippen molar-refractivity contribution in [3.8, 4) is 0 Å². The van der Waals surface area contributed by atoms with Gasteiger partial charge in [-0.15, -0.1) is 0 Å². The van der Waals surface area contributed by atoms with Crippen LogP contribution in [0, 0.1) is 0 Å². The summed E-state index contributed by atoms with van der Waals surface area (Å²) < 4.78 is 0. The second kappa shape index (κ2) is 4.42. The summed E-state index contributed by atoms with van der Waals surface area (Å²) in [5.41, 5.74) is 4.71. The van der Waals surface area contributed by atoms with Gasteiger partial charge < -0.3 is 16.2 Å². The largest absolute Gasteiger partial charge is 0.392 e. The summed E-state index contributed by atoms with van der Waals surface area (Å²) in [7, 11) is 0. The van der Waals surface area contributed by atoms with Crippen molar-refractivity contribution in [1.82, 2.24) is 5.32 Å². The summed E-state index contributed by atoms with van der Waals surface area (Å²) in [4.78, 5) is 10.6. The topological polar surface area (TPSA) is 75.3 Å². The monoisotopic (exact) mass is 174 g/mol. The van der Waals surface area contributed by atoms with E-state index in [4.69, 9.17) is 10.8 Å². The summed E-state index contributed by atoms with van der Waals surface area (Å²) >= 11 is 0. The maximum Gasteiger partial charge on any atom is 0.219 e. The molecule has 0 radical (unpaired) electrons. The van der Waals surface area contributed by atoms with E-state index >= 15 is 0 Å².